The van der Waals surface area contributed by atoms with Crippen LogP contribution in [0.3, 0.4) is 0 Å². The molecule has 0 unspecified atom stereocenters. The molecule has 0 aliphatic heterocycles. The Balaban J connectivity index is 0.795. The Hall–Kier alpha value is -9.75. The summed E-state index contributed by atoms with van der Waals surface area (Å²) in [6, 6.07) is 85.1. The van der Waals surface area contributed by atoms with Crippen LogP contribution in [0.1, 0.15) is 22.3 Å². The molecule has 4 heterocycles. The molecule has 76 heavy (non-hydrogen) atoms. The Bertz CT molecular complexity index is 4900. The van der Waals surface area contributed by atoms with Crippen molar-refractivity contribution in [2.75, 3.05) is 0 Å². The minimum Gasteiger partial charge on any atom is -0.456 e. The first kappa shape index (κ1) is 41.7. The van der Waals surface area contributed by atoms with Crippen molar-refractivity contribution in [3.8, 4) is 78.7 Å². The predicted molar refractivity (Wildman–Crippen MR) is 311 cm³/mol. The number of aromatic nitrogens is 3. The molecular formula is C70H39N3O2S. The molecular weight excluding hydrogens is 947 g/mol. The van der Waals surface area contributed by atoms with Crippen molar-refractivity contribution >= 4 is 75.4 Å². The van der Waals surface area contributed by atoms with Crippen LogP contribution in [0.5, 0.6) is 0 Å². The van der Waals surface area contributed by atoms with Crippen molar-refractivity contribution in [2.45, 2.75) is 5.41 Å². The molecule has 2 aliphatic rings. The first-order valence-corrected chi connectivity index (χ1v) is 26.5. The Morgan fingerprint density at radius 1 is 0.276 bits per heavy atom. The van der Waals surface area contributed by atoms with E-state index in [0.29, 0.717) is 17.5 Å². The van der Waals surface area contributed by atoms with Crippen LogP contribution in [-0.4, -0.2) is 15.0 Å². The average molecular weight is 986 g/mol. The highest BCUT2D eigenvalue weighted by Crippen LogP contribution is 2.63. The van der Waals surface area contributed by atoms with Crippen LogP contribution in [0, 0.1) is 0 Å². The lowest BCUT2D eigenvalue weighted by atomic mass is 9.70. The van der Waals surface area contributed by atoms with E-state index in [0.717, 1.165) is 71.7 Å². The standard InChI is InChI=1S/C70H39N3O2S/c1-6-20-55-45(13-1)46-14-2-7-21-56(46)70(55)57-22-8-3-15-47(57)48-34-31-43(39-58(48)70)41-29-27-40(28-30-41)42-32-35-60-54(37-42)66-52(19-12-25-62(66)75-60)69-72-67(44-33-36-64-53(38-44)49-16-5-10-26-63(49)76-64)71-68(73-69)51-18-11-24-61-65(51)50-17-4-9-23-59(50)74-61/h1-39H. The van der Waals surface area contributed by atoms with Crippen molar-refractivity contribution in [3.05, 3.63) is 259 Å². The van der Waals surface area contributed by atoms with E-state index in [4.69, 9.17) is 23.8 Å². The number of rotatable bonds is 5. The summed E-state index contributed by atoms with van der Waals surface area (Å²) in [4.78, 5) is 16.0. The van der Waals surface area contributed by atoms with Crippen molar-refractivity contribution in [1.82, 2.24) is 15.0 Å². The van der Waals surface area contributed by atoms with Crippen LogP contribution in [0.2, 0.25) is 0 Å². The topological polar surface area (TPSA) is 65.0 Å². The molecule has 4 aromatic heterocycles. The number of furan rings is 2. The van der Waals surface area contributed by atoms with E-state index in [9.17, 15) is 0 Å². The van der Waals surface area contributed by atoms with Gasteiger partial charge in [0.15, 0.2) is 17.5 Å². The van der Waals surface area contributed by atoms with Gasteiger partial charge in [0.05, 0.1) is 5.41 Å². The van der Waals surface area contributed by atoms with Crippen LogP contribution >= 0.6 is 11.3 Å². The number of nitrogens with zero attached hydrogens (tertiary/aromatic N) is 3. The van der Waals surface area contributed by atoms with Gasteiger partial charge in [0.25, 0.3) is 0 Å². The van der Waals surface area contributed by atoms with Gasteiger partial charge >= 0.3 is 0 Å². The number of hydrogen-bond donors (Lipinski definition) is 0. The smallest absolute Gasteiger partial charge is 0.164 e. The normalized spacial score (nSPS) is 13.1. The zero-order valence-corrected chi connectivity index (χ0v) is 41.4. The third-order valence-corrected chi connectivity index (χ3v) is 17.4. The van der Waals surface area contributed by atoms with Gasteiger partial charge < -0.3 is 8.83 Å². The third-order valence-electron chi connectivity index (χ3n) is 16.2. The van der Waals surface area contributed by atoms with Gasteiger partial charge in [-0.1, -0.05) is 176 Å². The van der Waals surface area contributed by atoms with E-state index >= 15 is 0 Å². The molecule has 0 saturated carbocycles. The van der Waals surface area contributed by atoms with Gasteiger partial charge in [0, 0.05) is 58.4 Å². The summed E-state index contributed by atoms with van der Waals surface area (Å²) in [5.41, 5.74) is 20.6. The van der Waals surface area contributed by atoms with E-state index in [2.05, 4.69) is 194 Å². The van der Waals surface area contributed by atoms with E-state index in [-0.39, 0.29) is 0 Å². The molecule has 2 aliphatic carbocycles. The highest BCUT2D eigenvalue weighted by Gasteiger charge is 2.51. The summed E-state index contributed by atoms with van der Waals surface area (Å²) < 4.78 is 15.5. The van der Waals surface area contributed by atoms with E-state index < -0.39 is 5.41 Å². The van der Waals surface area contributed by atoms with Gasteiger partial charge in [-0.05, 0) is 127 Å². The molecule has 0 saturated heterocycles. The van der Waals surface area contributed by atoms with Crippen LogP contribution in [0.25, 0.3) is 143 Å². The zero-order chi connectivity index (χ0) is 49.6. The maximum atomic E-state index is 6.65. The molecule has 0 radical (unpaired) electrons. The Morgan fingerprint density at radius 2 is 0.724 bits per heavy atom. The van der Waals surface area contributed by atoms with Crippen LogP contribution in [0.15, 0.2) is 245 Å². The summed E-state index contributed by atoms with van der Waals surface area (Å²) in [7, 11) is 0. The molecule has 6 heteroatoms. The van der Waals surface area contributed by atoms with Gasteiger partial charge in [-0.25, -0.2) is 15.0 Å². The quantitative estimate of drug-likeness (QED) is 0.172. The largest absolute Gasteiger partial charge is 0.456 e. The fourth-order valence-corrected chi connectivity index (χ4v) is 14.0. The lowest BCUT2D eigenvalue weighted by molar-refractivity contribution is 0.668. The van der Waals surface area contributed by atoms with E-state index in [1.165, 1.54) is 75.8 Å². The summed E-state index contributed by atoms with van der Waals surface area (Å²) >= 11 is 1.80. The third kappa shape index (κ3) is 5.81. The first-order valence-electron chi connectivity index (χ1n) is 25.7. The molecule has 0 atom stereocenters. The highest BCUT2D eigenvalue weighted by atomic mass is 32.1. The summed E-state index contributed by atoms with van der Waals surface area (Å²) in [5, 5.41) is 6.33. The fraction of sp³-hybridized carbons (Fsp3) is 0.0143. The number of hydrogen-bond acceptors (Lipinski definition) is 6. The maximum Gasteiger partial charge on any atom is 0.164 e. The van der Waals surface area contributed by atoms with Crippen molar-refractivity contribution in [2.24, 2.45) is 0 Å². The molecule has 5 nitrogen and oxygen atoms in total. The first-order chi connectivity index (χ1) is 37.6. The highest BCUT2D eigenvalue weighted by molar-refractivity contribution is 7.25. The van der Waals surface area contributed by atoms with Gasteiger partial charge in [0.2, 0.25) is 0 Å². The lowest BCUT2D eigenvalue weighted by Crippen LogP contribution is -2.25. The molecule has 1 spiro atoms. The number of thiophene rings is 1. The molecule has 11 aromatic carbocycles. The molecule has 352 valence electrons. The van der Waals surface area contributed by atoms with Gasteiger partial charge in [-0.15, -0.1) is 11.3 Å². The second-order valence-electron chi connectivity index (χ2n) is 20.1. The summed E-state index contributed by atoms with van der Waals surface area (Å²) in [6.07, 6.45) is 0. The number of para-hydroxylation sites is 1. The molecule has 0 bridgehead atoms. The lowest BCUT2D eigenvalue weighted by Gasteiger charge is -2.30. The maximum absolute atomic E-state index is 6.65. The van der Waals surface area contributed by atoms with Gasteiger partial charge in [0.1, 0.15) is 22.3 Å². The number of benzene rings is 11. The zero-order valence-electron chi connectivity index (χ0n) is 40.6. The second kappa shape index (κ2) is 15.6. The molecule has 0 N–H and O–H groups in total. The number of fused-ring (bicyclic) bond motifs is 19. The van der Waals surface area contributed by atoms with E-state index in [1.807, 2.05) is 42.5 Å². The predicted octanol–water partition coefficient (Wildman–Crippen LogP) is 18.7. The van der Waals surface area contributed by atoms with Gasteiger partial charge in [-0.3, -0.25) is 0 Å². The Kier molecular flexibility index (Phi) is 8.58. The van der Waals surface area contributed by atoms with Crippen LogP contribution in [0.4, 0.5) is 0 Å². The monoisotopic (exact) mass is 985 g/mol. The molecule has 17 rings (SSSR count). The Labute approximate surface area is 439 Å². The van der Waals surface area contributed by atoms with Crippen LogP contribution in [-0.2, 0) is 5.41 Å². The summed E-state index contributed by atoms with van der Waals surface area (Å²) in [6.45, 7) is 0. The van der Waals surface area contributed by atoms with E-state index in [1.54, 1.807) is 11.3 Å². The van der Waals surface area contributed by atoms with Gasteiger partial charge in [-0.2, -0.15) is 0 Å². The van der Waals surface area contributed by atoms with Crippen molar-refractivity contribution in [3.63, 3.8) is 0 Å². The van der Waals surface area contributed by atoms with Crippen molar-refractivity contribution in [1.29, 1.82) is 0 Å². The molecule has 0 fully saturated rings. The SMILES string of the molecule is c1ccc2c(c1)-c1ccccc1C21c2ccccc2-c2ccc(-c3ccc(-c4ccc5oc6cccc(-c7nc(-c8ccc9sc%10ccccc%10c9c8)nc(-c8cccc9oc%10ccccc%10c89)n7)c6c5c4)cc3)cc21. The Morgan fingerprint density at radius 3 is 1.39 bits per heavy atom. The van der Waals surface area contributed by atoms with Crippen molar-refractivity contribution < 1.29 is 8.83 Å². The fourth-order valence-electron chi connectivity index (χ4n) is 12.9. The molecule has 15 aromatic rings. The minimum atomic E-state index is -0.391. The average Bonchev–Trinajstić information content (AvgIpc) is 4.37. The second-order valence-corrected chi connectivity index (χ2v) is 21.2. The molecule has 0 amide bonds. The van der Waals surface area contributed by atoms with Crippen LogP contribution < -0.4 is 0 Å². The summed E-state index contributed by atoms with van der Waals surface area (Å²) in [5.74, 6) is 1.72. The minimum absolute atomic E-state index is 0.391.